The van der Waals surface area contributed by atoms with E-state index in [2.05, 4.69) is 13.0 Å². The average Bonchev–Trinajstić information content (AvgIpc) is 2.72. The van der Waals surface area contributed by atoms with E-state index in [1.807, 2.05) is 43.3 Å². The lowest BCUT2D eigenvalue weighted by atomic mass is 10.1. The van der Waals surface area contributed by atoms with Gasteiger partial charge in [0.1, 0.15) is 0 Å². The lowest BCUT2D eigenvalue weighted by molar-refractivity contribution is 0.104. The maximum absolute atomic E-state index is 11.9. The second-order valence-corrected chi connectivity index (χ2v) is 5.33. The summed E-state index contributed by atoms with van der Waals surface area (Å²) in [5.74, 6) is 0.0553. The number of hydrogen-bond donors (Lipinski definition) is 0. The van der Waals surface area contributed by atoms with Gasteiger partial charge in [-0.3, -0.25) is 4.79 Å². The summed E-state index contributed by atoms with van der Waals surface area (Å²) in [5.41, 5.74) is 1.85. The molecule has 0 unspecified atom stereocenters. The van der Waals surface area contributed by atoms with Crippen molar-refractivity contribution in [3.63, 3.8) is 0 Å². The van der Waals surface area contributed by atoms with E-state index in [9.17, 15) is 4.79 Å². The predicted octanol–water partition coefficient (Wildman–Crippen LogP) is 4.26. The van der Waals surface area contributed by atoms with E-state index in [1.54, 1.807) is 17.4 Å². The zero-order valence-electron chi connectivity index (χ0n) is 9.94. The normalized spacial score (nSPS) is 10.9. The minimum Gasteiger partial charge on any atom is -0.289 e. The largest absolute Gasteiger partial charge is 0.289 e. The maximum atomic E-state index is 11.9. The van der Waals surface area contributed by atoms with E-state index in [1.165, 1.54) is 4.88 Å². The SMILES string of the molecule is Cc1cccc(C(=O)C=Cc2ccc(C)s2)c1. The summed E-state index contributed by atoms with van der Waals surface area (Å²) in [6, 6.07) is 11.7. The highest BCUT2D eigenvalue weighted by molar-refractivity contribution is 7.12. The van der Waals surface area contributed by atoms with Crippen LogP contribution in [0.4, 0.5) is 0 Å². The van der Waals surface area contributed by atoms with Crippen molar-refractivity contribution in [3.8, 4) is 0 Å². The van der Waals surface area contributed by atoms with E-state index in [-0.39, 0.29) is 5.78 Å². The van der Waals surface area contributed by atoms with Crippen LogP contribution in [0, 0.1) is 13.8 Å². The highest BCUT2D eigenvalue weighted by atomic mass is 32.1. The van der Waals surface area contributed by atoms with Crippen molar-refractivity contribution in [1.82, 2.24) is 0 Å². The lowest BCUT2D eigenvalue weighted by Gasteiger charge is -1.96. The third kappa shape index (κ3) is 3.14. The molecular weight excluding hydrogens is 228 g/mol. The molecule has 0 aliphatic rings. The van der Waals surface area contributed by atoms with Crippen molar-refractivity contribution in [2.75, 3.05) is 0 Å². The smallest absolute Gasteiger partial charge is 0.185 e. The van der Waals surface area contributed by atoms with Crippen molar-refractivity contribution in [2.24, 2.45) is 0 Å². The average molecular weight is 242 g/mol. The molecule has 2 heteroatoms. The van der Waals surface area contributed by atoms with Gasteiger partial charge in [0.2, 0.25) is 0 Å². The Labute approximate surface area is 105 Å². The summed E-state index contributed by atoms with van der Waals surface area (Å²) in [6.45, 7) is 4.05. The Morgan fingerprint density at radius 3 is 2.65 bits per heavy atom. The molecule has 0 spiro atoms. The van der Waals surface area contributed by atoms with Gasteiger partial charge in [-0.05, 0) is 44.2 Å². The van der Waals surface area contributed by atoms with Gasteiger partial charge in [-0.15, -0.1) is 11.3 Å². The van der Waals surface area contributed by atoms with E-state index in [0.717, 1.165) is 16.0 Å². The van der Waals surface area contributed by atoms with Gasteiger partial charge in [0, 0.05) is 15.3 Å². The summed E-state index contributed by atoms with van der Waals surface area (Å²) in [6.07, 6.45) is 3.52. The van der Waals surface area contributed by atoms with Crippen LogP contribution < -0.4 is 0 Å². The van der Waals surface area contributed by atoms with Crippen LogP contribution in [0.2, 0.25) is 0 Å². The molecule has 0 N–H and O–H groups in total. The standard InChI is InChI=1S/C15H14OS/c1-11-4-3-5-13(10-11)15(16)9-8-14-7-6-12(2)17-14/h3-10H,1-2H3. The molecule has 86 valence electrons. The van der Waals surface area contributed by atoms with E-state index in [0.29, 0.717) is 0 Å². The number of thiophene rings is 1. The molecule has 0 radical (unpaired) electrons. The van der Waals surface area contributed by atoms with Gasteiger partial charge in [-0.25, -0.2) is 0 Å². The molecule has 1 heterocycles. The van der Waals surface area contributed by atoms with Gasteiger partial charge in [-0.1, -0.05) is 23.8 Å². The molecule has 0 amide bonds. The number of benzene rings is 1. The van der Waals surface area contributed by atoms with Crippen molar-refractivity contribution in [2.45, 2.75) is 13.8 Å². The maximum Gasteiger partial charge on any atom is 0.185 e. The van der Waals surface area contributed by atoms with Crippen LogP contribution in [-0.2, 0) is 0 Å². The first-order valence-electron chi connectivity index (χ1n) is 5.51. The molecule has 1 nitrogen and oxygen atoms in total. The quantitative estimate of drug-likeness (QED) is 0.580. The van der Waals surface area contributed by atoms with E-state index < -0.39 is 0 Å². The summed E-state index contributed by atoms with van der Waals surface area (Å²) < 4.78 is 0. The fourth-order valence-corrected chi connectivity index (χ4v) is 2.38. The van der Waals surface area contributed by atoms with Gasteiger partial charge in [0.05, 0.1) is 0 Å². The van der Waals surface area contributed by atoms with Crippen molar-refractivity contribution in [1.29, 1.82) is 0 Å². The highest BCUT2D eigenvalue weighted by Gasteiger charge is 2.01. The molecule has 0 bridgehead atoms. The van der Waals surface area contributed by atoms with Crippen LogP contribution >= 0.6 is 11.3 Å². The van der Waals surface area contributed by atoms with Crippen LogP contribution in [0.15, 0.2) is 42.5 Å². The predicted molar refractivity (Wildman–Crippen MR) is 73.6 cm³/mol. The number of ketones is 1. The topological polar surface area (TPSA) is 17.1 Å². The first-order valence-corrected chi connectivity index (χ1v) is 6.32. The van der Waals surface area contributed by atoms with Gasteiger partial charge < -0.3 is 0 Å². The summed E-state index contributed by atoms with van der Waals surface area (Å²) in [5, 5.41) is 0. The van der Waals surface area contributed by atoms with Gasteiger partial charge >= 0.3 is 0 Å². The summed E-state index contributed by atoms with van der Waals surface area (Å²) in [7, 11) is 0. The summed E-state index contributed by atoms with van der Waals surface area (Å²) in [4.78, 5) is 14.3. The van der Waals surface area contributed by atoms with Gasteiger partial charge in [0.15, 0.2) is 5.78 Å². The minimum absolute atomic E-state index is 0.0553. The van der Waals surface area contributed by atoms with Crippen molar-refractivity contribution >= 4 is 23.2 Å². The molecule has 2 aromatic rings. The Kier molecular flexibility index (Phi) is 3.55. The molecule has 1 aromatic carbocycles. The second-order valence-electron chi connectivity index (χ2n) is 4.02. The molecule has 0 fully saturated rings. The van der Waals surface area contributed by atoms with Crippen LogP contribution in [-0.4, -0.2) is 5.78 Å². The molecule has 0 aliphatic carbocycles. The fourth-order valence-electron chi connectivity index (χ4n) is 1.60. The minimum atomic E-state index is 0.0553. The molecule has 2 rings (SSSR count). The lowest BCUT2D eigenvalue weighted by Crippen LogP contribution is -1.93. The molecule has 0 saturated carbocycles. The Morgan fingerprint density at radius 1 is 1.18 bits per heavy atom. The van der Waals surface area contributed by atoms with E-state index in [4.69, 9.17) is 0 Å². The molecule has 17 heavy (non-hydrogen) atoms. The molecular formula is C15H14OS. The summed E-state index contributed by atoms with van der Waals surface area (Å²) >= 11 is 1.69. The molecule has 1 aromatic heterocycles. The third-order valence-corrected chi connectivity index (χ3v) is 3.43. The van der Waals surface area contributed by atoms with E-state index >= 15 is 0 Å². The number of carbonyl (C=O) groups is 1. The Hall–Kier alpha value is -1.67. The first-order chi connectivity index (χ1) is 8.15. The number of aryl methyl sites for hydroxylation is 2. The first kappa shape index (κ1) is 11.8. The second kappa shape index (κ2) is 5.11. The van der Waals surface area contributed by atoms with Crippen LogP contribution in [0.5, 0.6) is 0 Å². The van der Waals surface area contributed by atoms with Crippen LogP contribution in [0.3, 0.4) is 0 Å². The molecule has 0 aliphatic heterocycles. The monoisotopic (exact) mass is 242 g/mol. The molecule has 0 atom stereocenters. The van der Waals surface area contributed by atoms with Gasteiger partial charge in [0.25, 0.3) is 0 Å². The van der Waals surface area contributed by atoms with Crippen LogP contribution in [0.25, 0.3) is 6.08 Å². The number of hydrogen-bond acceptors (Lipinski definition) is 2. The third-order valence-electron chi connectivity index (χ3n) is 2.46. The fraction of sp³-hybridized carbons (Fsp3) is 0.133. The Balaban J connectivity index is 2.14. The zero-order valence-corrected chi connectivity index (χ0v) is 10.8. The number of allylic oxidation sites excluding steroid dienone is 1. The number of carbonyl (C=O) groups excluding carboxylic acids is 1. The number of rotatable bonds is 3. The zero-order chi connectivity index (χ0) is 12.3. The Bertz CT molecular complexity index is 564. The van der Waals surface area contributed by atoms with Crippen molar-refractivity contribution in [3.05, 3.63) is 63.4 Å². The van der Waals surface area contributed by atoms with Gasteiger partial charge in [-0.2, -0.15) is 0 Å². The van der Waals surface area contributed by atoms with Crippen LogP contribution in [0.1, 0.15) is 25.7 Å². The van der Waals surface area contributed by atoms with Crippen molar-refractivity contribution < 1.29 is 4.79 Å². The Morgan fingerprint density at radius 2 is 2.00 bits per heavy atom. The highest BCUT2D eigenvalue weighted by Crippen LogP contribution is 2.17. The molecule has 0 saturated heterocycles.